The minimum absolute atomic E-state index is 0.220. The maximum Gasteiger partial charge on any atom is 0.335 e. The van der Waals surface area contributed by atoms with Crippen LogP contribution in [0.3, 0.4) is 0 Å². The highest BCUT2D eigenvalue weighted by Crippen LogP contribution is 2.28. The summed E-state index contributed by atoms with van der Waals surface area (Å²) in [6, 6.07) is 18.8. The van der Waals surface area contributed by atoms with E-state index in [0.29, 0.717) is 17.9 Å². The van der Waals surface area contributed by atoms with Crippen molar-refractivity contribution < 1.29 is 9.90 Å². The van der Waals surface area contributed by atoms with E-state index in [0.717, 1.165) is 21.9 Å². The molecular weight excluding hydrogens is 314 g/mol. The molecule has 5 heteroatoms. The Morgan fingerprint density at radius 3 is 2.64 bits per heavy atom. The standard InChI is InChI=1S/C20H15N3O2/c24-20(25)14-8-9-15-16-7-4-10-21-18(16)19(23-17(15)11-14)22-12-13-5-2-1-3-6-13/h1-11H,12H2,(H,22,23)(H,24,25). The van der Waals surface area contributed by atoms with Gasteiger partial charge in [-0.3, -0.25) is 4.98 Å². The molecule has 0 saturated heterocycles. The van der Waals surface area contributed by atoms with E-state index in [2.05, 4.69) is 15.3 Å². The predicted octanol–water partition coefficient (Wildman–Crippen LogP) is 4.09. The van der Waals surface area contributed by atoms with E-state index in [4.69, 9.17) is 0 Å². The molecule has 4 aromatic rings. The summed E-state index contributed by atoms with van der Waals surface area (Å²) in [5, 5.41) is 14.4. The van der Waals surface area contributed by atoms with Crippen molar-refractivity contribution in [2.75, 3.05) is 5.32 Å². The zero-order chi connectivity index (χ0) is 17.2. The van der Waals surface area contributed by atoms with Crippen LogP contribution < -0.4 is 5.32 Å². The Balaban J connectivity index is 1.84. The minimum Gasteiger partial charge on any atom is -0.478 e. The molecule has 0 aliphatic rings. The lowest BCUT2D eigenvalue weighted by atomic mass is 10.1. The van der Waals surface area contributed by atoms with Crippen molar-refractivity contribution in [3.63, 3.8) is 0 Å². The molecule has 0 saturated carbocycles. The maximum absolute atomic E-state index is 11.2. The van der Waals surface area contributed by atoms with Gasteiger partial charge < -0.3 is 10.4 Å². The molecule has 2 heterocycles. The van der Waals surface area contributed by atoms with Crippen molar-refractivity contribution >= 4 is 33.6 Å². The first-order valence-corrected chi connectivity index (χ1v) is 7.92. The fourth-order valence-corrected chi connectivity index (χ4v) is 2.87. The van der Waals surface area contributed by atoms with Crippen molar-refractivity contribution in [1.82, 2.24) is 9.97 Å². The molecule has 2 aromatic heterocycles. The Hall–Kier alpha value is -3.47. The van der Waals surface area contributed by atoms with E-state index in [1.54, 1.807) is 24.4 Å². The summed E-state index contributed by atoms with van der Waals surface area (Å²) in [7, 11) is 0. The third-order valence-electron chi connectivity index (χ3n) is 4.10. The van der Waals surface area contributed by atoms with E-state index in [1.807, 2.05) is 42.5 Å². The normalized spacial score (nSPS) is 10.9. The second-order valence-corrected chi connectivity index (χ2v) is 5.74. The zero-order valence-corrected chi connectivity index (χ0v) is 13.3. The molecule has 122 valence electrons. The number of aromatic nitrogens is 2. The Kier molecular flexibility index (Phi) is 3.74. The van der Waals surface area contributed by atoms with E-state index in [-0.39, 0.29) is 5.56 Å². The van der Waals surface area contributed by atoms with Crippen LogP contribution in [0.4, 0.5) is 5.82 Å². The lowest BCUT2D eigenvalue weighted by molar-refractivity contribution is 0.0697. The van der Waals surface area contributed by atoms with Crippen molar-refractivity contribution in [2.45, 2.75) is 6.54 Å². The van der Waals surface area contributed by atoms with Gasteiger partial charge >= 0.3 is 5.97 Å². The van der Waals surface area contributed by atoms with Crippen molar-refractivity contribution in [1.29, 1.82) is 0 Å². The van der Waals surface area contributed by atoms with Crippen LogP contribution in [0.5, 0.6) is 0 Å². The molecule has 0 atom stereocenters. The Morgan fingerprint density at radius 2 is 1.84 bits per heavy atom. The van der Waals surface area contributed by atoms with Crippen LogP contribution in [0.2, 0.25) is 0 Å². The Morgan fingerprint density at radius 1 is 1.00 bits per heavy atom. The summed E-state index contributed by atoms with van der Waals surface area (Å²) in [6.45, 7) is 0.615. The molecule has 5 nitrogen and oxygen atoms in total. The van der Waals surface area contributed by atoms with Gasteiger partial charge in [0.05, 0.1) is 11.1 Å². The maximum atomic E-state index is 11.2. The Bertz CT molecular complexity index is 1080. The van der Waals surface area contributed by atoms with E-state index in [1.165, 1.54) is 0 Å². The van der Waals surface area contributed by atoms with Crippen LogP contribution in [0.1, 0.15) is 15.9 Å². The summed E-state index contributed by atoms with van der Waals surface area (Å²) >= 11 is 0. The van der Waals surface area contributed by atoms with Crippen molar-refractivity contribution in [3.8, 4) is 0 Å². The number of carbonyl (C=O) groups is 1. The molecule has 25 heavy (non-hydrogen) atoms. The monoisotopic (exact) mass is 329 g/mol. The molecule has 4 rings (SSSR count). The Labute approximate surface area is 144 Å². The highest BCUT2D eigenvalue weighted by molar-refractivity contribution is 6.09. The van der Waals surface area contributed by atoms with Crippen LogP contribution in [-0.2, 0) is 6.54 Å². The van der Waals surface area contributed by atoms with Gasteiger partial charge in [-0.15, -0.1) is 0 Å². The molecule has 0 radical (unpaired) electrons. The van der Waals surface area contributed by atoms with Gasteiger partial charge in [0, 0.05) is 23.5 Å². The van der Waals surface area contributed by atoms with Crippen LogP contribution in [0.25, 0.3) is 21.8 Å². The molecule has 0 amide bonds. The van der Waals surface area contributed by atoms with E-state index < -0.39 is 5.97 Å². The summed E-state index contributed by atoms with van der Waals surface area (Å²) in [5.41, 5.74) is 2.76. The van der Waals surface area contributed by atoms with Gasteiger partial charge in [-0.1, -0.05) is 42.5 Å². The number of pyridine rings is 2. The number of hydrogen-bond donors (Lipinski definition) is 2. The summed E-state index contributed by atoms with van der Waals surface area (Å²) < 4.78 is 0. The smallest absolute Gasteiger partial charge is 0.335 e. The topological polar surface area (TPSA) is 75.1 Å². The summed E-state index contributed by atoms with van der Waals surface area (Å²) in [4.78, 5) is 20.3. The molecular formula is C20H15N3O2. The van der Waals surface area contributed by atoms with Gasteiger partial charge in [0.1, 0.15) is 5.52 Å². The molecule has 0 fully saturated rings. The number of carboxylic acid groups (broad SMARTS) is 1. The third kappa shape index (κ3) is 2.87. The number of nitrogens with zero attached hydrogens (tertiary/aromatic N) is 2. The molecule has 0 bridgehead atoms. The number of fused-ring (bicyclic) bond motifs is 3. The number of hydrogen-bond acceptors (Lipinski definition) is 4. The quantitative estimate of drug-likeness (QED) is 0.552. The van der Waals surface area contributed by atoms with Crippen LogP contribution >= 0.6 is 0 Å². The van der Waals surface area contributed by atoms with Crippen LogP contribution in [0, 0.1) is 0 Å². The molecule has 2 aromatic carbocycles. The SMILES string of the molecule is O=C(O)c1ccc2c(c1)nc(NCc1ccccc1)c1ncccc12. The van der Waals surface area contributed by atoms with Gasteiger partial charge in [0.15, 0.2) is 5.82 Å². The fraction of sp³-hybridized carbons (Fsp3) is 0.0500. The number of nitrogens with one attached hydrogen (secondary N) is 1. The van der Waals surface area contributed by atoms with Gasteiger partial charge in [-0.25, -0.2) is 9.78 Å². The summed E-state index contributed by atoms with van der Waals surface area (Å²) in [5.74, 6) is -0.316. The average Bonchev–Trinajstić information content (AvgIpc) is 2.66. The lowest BCUT2D eigenvalue weighted by Gasteiger charge is -2.11. The summed E-state index contributed by atoms with van der Waals surface area (Å²) in [6.07, 6.45) is 1.73. The van der Waals surface area contributed by atoms with Gasteiger partial charge in [0.25, 0.3) is 0 Å². The van der Waals surface area contributed by atoms with Gasteiger partial charge in [-0.05, 0) is 23.8 Å². The van der Waals surface area contributed by atoms with Crippen LogP contribution in [-0.4, -0.2) is 21.0 Å². The van der Waals surface area contributed by atoms with E-state index >= 15 is 0 Å². The predicted molar refractivity (Wildman–Crippen MR) is 97.8 cm³/mol. The number of rotatable bonds is 4. The largest absolute Gasteiger partial charge is 0.478 e. The average molecular weight is 329 g/mol. The number of carboxylic acids is 1. The molecule has 2 N–H and O–H groups in total. The highest BCUT2D eigenvalue weighted by atomic mass is 16.4. The second-order valence-electron chi connectivity index (χ2n) is 5.74. The number of anilines is 1. The van der Waals surface area contributed by atoms with Crippen molar-refractivity contribution in [3.05, 3.63) is 78.0 Å². The second kappa shape index (κ2) is 6.20. The molecule has 0 spiro atoms. The third-order valence-corrected chi connectivity index (χ3v) is 4.10. The van der Waals surface area contributed by atoms with Crippen LogP contribution in [0.15, 0.2) is 66.9 Å². The zero-order valence-electron chi connectivity index (χ0n) is 13.3. The highest BCUT2D eigenvalue weighted by Gasteiger charge is 2.11. The van der Waals surface area contributed by atoms with Crippen molar-refractivity contribution in [2.24, 2.45) is 0 Å². The first kappa shape index (κ1) is 15.1. The lowest BCUT2D eigenvalue weighted by Crippen LogP contribution is -2.04. The van der Waals surface area contributed by atoms with E-state index in [9.17, 15) is 9.90 Å². The molecule has 0 aliphatic heterocycles. The first-order valence-electron chi connectivity index (χ1n) is 7.92. The first-order chi connectivity index (χ1) is 12.2. The minimum atomic E-state index is -0.964. The number of aromatic carboxylic acids is 1. The number of benzene rings is 2. The molecule has 0 aliphatic carbocycles. The fourth-order valence-electron chi connectivity index (χ4n) is 2.87. The van der Waals surface area contributed by atoms with Gasteiger partial charge in [0.2, 0.25) is 0 Å². The molecule has 0 unspecified atom stereocenters. The van der Waals surface area contributed by atoms with Gasteiger partial charge in [-0.2, -0.15) is 0 Å².